The molecule has 0 aliphatic heterocycles. The minimum absolute atomic E-state index is 0.125. The van der Waals surface area contributed by atoms with E-state index in [2.05, 4.69) is 19.4 Å². The van der Waals surface area contributed by atoms with Crippen LogP contribution in [0.15, 0.2) is 11.5 Å². The van der Waals surface area contributed by atoms with Gasteiger partial charge in [-0.15, -0.1) is 0 Å². The number of carbonyl (C=O) groups is 1. The number of carbonyl (C=O) groups excluding carboxylic acids is 1. The van der Waals surface area contributed by atoms with Crippen molar-refractivity contribution in [1.29, 1.82) is 0 Å². The van der Waals surface area contributed by atoms with Crippen molar-refractivity contribution in [2.45, 2.75) is 0 Å². The highest BCUT2D eigenvalue weighted by Gasteiger charge is 2.15. The first-order valence-corrected chi connectivity index (χ1v) is 3.67. The number of amides is 1. The van der Waals surface area contributed by atoms with E-state index < -0.39 is 5.91 Å². The number of nitrogens with one attached hydrogen (secondary N) is 1. The zero-order valence-electron chi connectivity index (χ0n) is 6.14. The van der Waals surface area contributed by atoms with Crippen molar-refractivity contribution in [2.24, 2.45) is 5.16 Å². The van der Waals surface area contributed by atoms with Gasteiger partial charge in [-0.3, -0.25) is 10.5 Å². The van der Waals surface area contributed by atoms with Gasteiger partial charge in [0, 0.05) is 0 Å². The van der Waals surface area contributed by atoms with Gasteiger partial charge in [-0.2, -0.15) is 4.37 Å². The summed E-state index contributed by atoms with van der Waals surface area (Å²) in [6.07, 6.45) is 1.29. The lowest BCUT2D eigenvalue weighted by molar-refractivity contribution is -0.112. The maximum Gasteiger partial charge on any atom is 0.294 e. The number of hydrogen-bond acceptors (Lipinski definition) is 6. The molecule has 7 heteroatoms. The highest BCUT2D eigenvalue weighted by Crippen LogP contribution is 2.02. The molecule has 0 saturated heterocycles. The van der Waals surface area contributed by atoms with Crippen LogP contribution in [0.25, 0.3) is 0 Å². The number of oxime groups is 1. The van der Waals surface area contributed by atoms with Crippen LogP contribution < -0.4 is 5.73 Å². The Kier molecular flexibility index (Phi) is 2.70. The molecule has 12 heavy (non-hydrogen) atoms. The minimum atomic E-state index is -0.936. The molecule has 0 unspecified atom stereocenters. The molecule has 1 aromatic heterocycles. The Bertz CT molecular complexity index is 294. The summed E-state index contributed by atoms with van der Waals surface area (Å²) >= 11 is 0.987. The van der Waals surface area contributed by atoms with E-state index >= 15 is 0 Å². The molecule has 1 N–H and O–H groups in total. The zero-order chi connectivity index (χ0) is 8.97. The molecule has 1 radical (unpaired) electrons. The molecule has 0 atom stereocenters. The monoisotopic (exact) mass is 185 g/mol. The number of nitrogens with zero attached hydrogens (tertiary/aromatic N) is 3. The average molecular weight is 185 g/mol. The predicted molar refractivity (Wildman–Crippen MR) is 41.6 cm³/mol. The van der Waals surface area contributed by atoms with E-state index in [0.717, 1.165) is 11.5 Å². The molecule has 6 nitrogen and oxygen atoms in total. The third-order valence-corrected chi connectivity index (χ3v) is 1.63. The standard InChI is InChI=1S/C5H5N4O2S/c1-11-9-3(4(6)10)5-7-2-8-12-5/h2,6H,1H3/b9-3-. The zero-order valence-corrected chi connectivity index (χ0v) is 6.96. The van der Waals surface area contributed by atoms with Crippen LogP contribution in [0.3, 0.4) is 0 Å². The highest BCUT2D eigenvalue weighted by molar-refractivity contribution is 7.08. The molecule has 0 saturated carbocycles. The van der Waals surface area contributed by atoms with Gasteiger partial charge in [0.15, 0.2) is 5.01 Å². The van der Waals surface area contributed by atoms with Gasteiger partial charge in [-0.1, -0.05) is 5.16 Å². The van der Waals surface area contributed by atoms with Crippen molar-refractivity contribution < 1.29 is 9.63 Å². The SMILES string of the molecule is CO/N=C(/C([NH])=O)c1ncns1. The lowest BCUT2D eigenvalue weighted by Gasteiger charge is -1.92. The van der Waals surface area contributed by atoms with Crippen LogP contribution in [-0.4, -0.2) is 28.1 Å². The van der Waals surface area contributed by atoms with Crippen molar-refractivity contribution in [3.05, 3.63) is 11.3 Å². The molecular weight excluding hydrogens is 180 g/mol. The second-order valence-electron chi connectivity index (χ2n) is 1.70. The van der Waals surface area contributed by atoms with E-state index in [0.29, 0.717) is 0 Å². The summed E-state index contributed by atoms with van der Waals surface area (Å²) in [5.41, 5.74) is 6.68. The summed E-state index contributed by atoms with van der Waals surface area (Å²) in [6.45, 7) is 0. The van der Waals surface area contributed by atoms with Gasteiger partial charge >= 0.3 is 0 Å². The average Bonchev–Trinajstić information content (AvgIpc) is 2.51. The van der Waals surface area contributed by atoms with Crippen LogP contribution in [-0.2, 0) is 9.63 Å². The van der Waals surface area contributed by atoms with Crippen LogP contribution in [0.4, 0.5) is 0 Å². The second kappa shape index (κ2) is 3.77. The molecule has 0 aliphatic carbocycles. The predicted octanol–water partition coefficient (Wildman–Crippen LogP) is -0.302. The smallest absolute Gasteiger partial charge is 0.294 e. The first kappa shape index (κ1) is 8.60. The summed E-state index contributed by atoms with van der Waals surface area (Å²) in [7, 11) is 1.30. The Morgan fingerprint density at radius 2 is 2.58 bits per heavy atom. The quantitative estimate of drug-likeness (QED) is 0.477. The van der Waals surface area contributed by atoms with Crippen molar-refractivity contribution in [2.75, 3.05) is 7.11 Å². The van der Waals surface area contributed by atoms with Crippen LogP contribution in [0.5, 0.6) is 0 Å². The van der Waals surface area contributed by atoms with Gasteiger partial charge < -0.3 is 4.84 Å². The summed E-state index contributed by atoms with van der Waals surface area (Å²) in [5, 5.41) is 3.64. The molecule has 1 heterocycles. The first-order valence-electron chi connectivity index (χ1n) is 2.90. The number of aromatic nitrogens is 2. The van der Waals surface area contributed by atoms with Crippen LogP contribution in [0.2, 0.25) is 0 Å². The van der Waals surface area contributed by atoms with Crippen LogP contribution in [0.1, 0.15) is 5.01 Å². The fourth-order valence-electron chi connectivity index (χ4n) is 0.546. The molecule has 0 fully saturated rings. The minimum Gasteiger partial charge on any atom is -0.398 e. The van der Waals surface area contributed by atoms with E-state index in [9.17, 15) is 4.79 Å². The molecule has 1 amide bonds. The van der Waals surface area contributed by atoms with Gasteiger partial charge in [0.05, 0.1) is 0 Å². The number of hydrogen-bond donors (Lipinski definition) is 0. The maximum absolute atomic E-state index is 10.6. The lowest BCUT2D eigenvalue weighted by Crippen LogP contribution is -2.16. The third-order valence-electron chi connectivity index (χ3n) is 0.962. The second-order valence-corrected chi connectivity index (χ2v) is 2.48. The molecule has 0 aliphatic rings. The Balaban J connectivity index is 2.96. The fraction of sp³-hybridized carbons (Fsp3) is 0.200. The Labute approximate surface area is 72.2 Å². The van der Waals surface area contributed by atoms with Gasteiger partial charge in [-0.05, 0) is 11.5 Å². The van der Waals surface area contributed by atoms with Gasteiger partial charge in [0.1, 0.15) is 13.4 Å². The van der Waals surface area contributed by atoms with Crippen LogP contribution in [0, 0.1) is 0 Å². The van der Waals surface area contributed by atoms with E-state index in [1.807, 2.05) is 0 Å². The van der Waals surface area contributed by atoms with Crippen molar-refractivity contribution in [1.82, 2.24) is 15.1 Å². The summed E-state index contributed by atoms with van der Waals surface area (Å²) < 4.78 is 3.67. The Morgan fingerprint density at radius 1 is 1.83 bits per heavy atom. The third kappa shape index (κ3) is 1.76. The summed E-state index contributed by atoms with van der Waals surface area (Å²) in [4.78, 5) is 18.7. The van der Waals surface area contributed by atoms with Crippen molar-refractivity contribution in [3.63, 3.8) is 0 Å². The first-order chi connectivity index (χ1) is 5.75. The highest BCUT2D eigenvalue weighted by atomic mass is 32.1. The van der Waals surface area contributed by atoms with Gasteiger partial charge in [0.25, 0.3) is 5.91 Å². The molecule has 1 aromatic rings. The van der Waals surface area contributed by atoms with Crippen molar-refractivity contribution in [3.8, 4) is 0 Å². The van der Waals surface area contributed by atoms with Crippen LogP contribution >= 0.6 is 11.5 Å². The topological polar surface area (TPSA) is 88.2 Å². The Hall–Kier alpha value is -1.50. The molecule has 1 rings (SSSR count). The molecule has 63 valence electrons. The maximum atomic E-state index is 10.6. The molecule has 0 aromatic carbocycles. The lowest BCUT2D eigenvalue weighted by atomic mass is 10.4. The van der Waals surface area contributed by atoms with E-state index in [4.69, 9.17) is 5.73 Å². The largest absolute Gasteiger partial charge is 0.398 e. The summed E-state index contributed by atoms with van der Waals surface area (Å²) in [5.74, 6) is -0.936. The fourth-order valence-corrected chi connectivity index (χ4v) is 1.05. The van der Waals surface area contributed by atoms with E-state index in [1.54, 1.807) is 0 Å². The molecular formula is C5H5N4O2S. The van der Waals surface area contributed by atoms with Gasteiger partial charge in [0.2, 0.25) is 5.71 Å². The molecule has 0 bridgehead atoms. The molecule has 0 spiro atoms. The van der Waals surface area contributed by atoms with Crippen molar-refractivity contribution >= 4 is 23.2 Å². The number of rotatable bonds is 3. The van der Waals surface area contributed by atoms with Gasteiger partial charge in [-0.25, -0.2) is 4.98 Å². The summed E-state index contributed by atoms with van der Waals surface area (Å²) in [6, 6.07) is 0. The normalized spacial score (nSPS) is 11.2. The van der Waals surface area contributed by atoms with E-state index in [1.165, 1.54) is 13.4 Å². The van der Waals surface area contributed by atoms with E-state index in [-0.39, 0.29) is 10.7 Å². The Morgan fingerprint density at radius 3 is 3.00 bits per heavy atom.